The molecule has 0 unspecified atom stereocenters. The molecular formula is C37H40ClN5O6S. The molecule has 262 valence electrons. The first-order chi connectivity index (χ1) is 23.9. The van der Waals surface area contributed by atoms with Crippen LogP contribution in [0.5, 0.6) is 0 Å². The van der Waals surface area contributed by atoms with E-state index in [0.29, 0.717) is 59.7 Å². The minimum Gasteiger partial charge on any atom is -0.445 e. The Morgan fingerprint density at radius 3 is 2.44 bits per heavy atom. The van der Waals surface area contributed by atoms with Crippen LogP contribution in [0.3, 0.4) is 0 Å². The van der Waals surface area contributed by atoms with E-state index in [9.17, 15) is 14.4 Å². The number of anilines is 1. The van der Waals surface area contributed by atoms with Crippen LogP contribution in [0.25, 0.3) is 11.5 Å². The van der Waals surface area contributed by atoms with Crippen molar-refractivity contribution in [3.05, 3.63) is 94.8 Å². The Balaban J connectivity index is 1.19. The molecule has 13 heteroatoms. The van der Waals surface area contributed by atoms with Crippen molar-refractivity contribution in [3.8, 4) is 11.5 Å². The highest BCUT2D eigenvalue weighted by atomic mass is 35.5. The number of fused-ring (bicyclic) bond motifs is 1. The summed E-state index contributed by atoms with van der Waals surface area (Å²) >= 11 is 7.61. The van der Waals surface area contributed by atoms with E-state index in [0.717, 1.165) is 16.0 Å². The van der Waals surface area contributed by atoms with Crippen LogP contribution in [-0.2, 0) is 32.8 Å². The molecule has 0 saturated carbocycles. The monoisotopic (exact) mass is 717 g/mol. The molecule has 2 aliphatic rings. The number of nitrogens with zero attached hydrogens (tertiary/aromatic N) is 4. The molecule has 1 fully saturated rings. The van der Waals surface area contributed by atoms with Gasteiger partial charge in [-0.1, -0.05) is 61.0 Å². The van der Waals surface area contributed by atoms with Gasteiger partial charge in [-0.15, -0.1) is 22.0 Å². The Hall–Kier alpha value is -4.55. The molecule has 4 aromatic rings. The number of nitrogens with one attached hydrogen (secondary N) is 1. The van der Waals surface area contributed by atoms with Crippen LogP contribution in [0.1, 0.15) is 57.6 Å². The standard InChI is InChI=1S/C37H40ClN5O6S/c1-36(2,3)49-34(45)39-28-23-50-30-15-12-26(20-29(30)43(32(28)44)21-24-10-13-27(38)14-11-24)31-40-41-33(48-31)37(4)16-18-42(19-17-37)35(46)47-22-25-8-6-5-7-9-25/h5-15,20,28H,16-19,21-23H2,1-4H3,(H,39,45)/t28-/m0/s1. The summed E-state index contributed by atoms with van der Waals surface area (Å²) in [4.78, 5) is 43.8. The molecule has 50 heavy (non-hydrogen) atoms. The zero-order chi connectivity index (χ0) is 35.5. The number of halogens is 1. The number of piperidine rings is 1. The molecule has 1 atom stereocenters. The number of likely N-dealkylation sites (tertiary alicyclic amines) is 1. The molecule has 3 aromatic carbocycles. The summed E-state index contributed by atoms with van der Waals surface area (Å²) in [6, 6.07) is 21.8. The zero-order valence-electron chi connectivity index (χ0n) is 28.5. The lowest BCUT2D eigenvalue weighted by molar-refractivity contribution is -0.120. The van der Waals surface area contributed by atoms with Gasteiger partial charge in [-0.25, -0.2) is 9.59 Å². The second kappa shape index (κ2) is 14.7. The number of aromatic nitrogens is 2. The number of benzene rings is 3. The third-order valence-electron chi connectivity index (χ3n) is 8.68. The smallest absolute Gasteiger partial charge is 0.410 e. The molecule has 3 heterocycles. The van der Waals surface area contributed by atoms with Crippen molar-refractivity contribution in [3.63, 3.8) is 0 Å². The van der Waals surface area contributed by atoms with Crippen molar-refractivity contribution in [2.45, 2.75) is 75.6 Å². The van der Waals surface area contributed by atoms with E-state index in [1.807, 2.05) is 60.7 Å². The summed E-state index contributed by atoms with van der Waals surface area (Å²) < 4.78 is 17.3. The van der Waals surface area contributed by atoms with Crippen LogP contribution in [0.15, 0.2) is 82.1 Å². The fourth-order valence-corrected chi connectivity index (χ4v) is 6.99. The lowest BCUT2D eigenvalue weighted by Gasteiger charge is -2.36. The summed E-state index contributed by atoms with van der Waals surface area (Å²) in [6.07, 6.45) is 0.263. The number of hydrogen-bond acceptors (Lipinski definition) is 9. The van der Waals surface area contributed by atoms with Gasteiger partial charge >= 0.3 is 12.2 Å². The van der Waals surface area contributed by atoms with Gasteiger partial charge in [-0.05, 0) is 75.1 Å². The van der Waals surface area contributed by atoms with E-state index in [-0.39, 0.29) is 25.2 Å². The quantitative estimate of drug-likeness (QED) is 0.205. The predicted molar refractivity (Wildman–Crippen MR) is 191 cm³/mol. The van der Waals surface area contributed by atoms with Crippen LogP contribution < -0.4 is 10.2 Å². The topological polar surface area (TPSA) is 127 Å². The number of amides is 3. The summed E-state index contributed by atoms with van der Waals surface area (Å²) in [5.41, 5.74) is 1.98. The third-order valence-corrected chi connectivity index (χ3v) is 10.1. The maximum atomic E-state index is 14.1. The molecule has 2 aliphatic heterocycles. The van der Waals surface area contributed by atoms with Gasteiger partial charge in [0.1, 0.15) is 18.2 Å². The van der Waals surface area contributed by atoms with Gasteiger partial charge in [0.05, 0.1) is 12.2 Å². The highest BCUT2D eigenvalue weighted by molar-refractivity contribution is 7.99. The average Bonchev–Trinajstić information content (AvgIpc) is 3.56. The normalized spacial score (nSPS) is 17.5. The molecule has 0 bridgehead atoms. The molecule has 1 saturated heterocycles. The maximum Gasteiger partial charge on any atom is 0.410 e. The van der Waals surface area contributed by atoms with Crippen molar-refractivity contribution in [1.29, 1.82) is 0 Å². The van der Waals surface area contributed by atoms with E-state index in [1.165, 1.54) is 11.8 Å². The molecule has 11 nitrogen and oxygen atoms in total. The molecule has 1 aromatic heterocycles. The van der Waals surface area contributed by atoms with Gasteiger partial charge in [0.25, 0.3) is 5.91 Å². The van der Waals surface area contributed by atoms with Crippen molar-refractivity contribution in [1.82, 2.24) is 20.4 Å². The molecule has 0 aliphatic carbocycles. The van der Waals surface area contributed by atoms with Crippen LogP contribution in [0.2, 0.25) is 5.02 Å². The number of carbonyl (C=O) groups excluding carboxylic acids is 3. The highest BCUT2D eigenvalue weighted by Gasteiger charge is 2.39. The van der Waals surface area contributed by atoms with Crippen molar-refractivity contribution < 1.29 is 28.3 Å². The number of carbonyl (C=O) groups is 3. The van der Waals surface area contributed by atoms with Crippen LogP contribution >= 0.6 is 23.4 Å². The fourth-order valence-electron chi connectivity index (χ4n) is 5.81. The lowest BCUT2D eigenvalue weighted by atomic mass is 9.80. The molecule has 0 spiro atoms. The largest absolute Gasteiger partial charge is 0.445 e. The summed E-state index contributed by atoms with van der Waals surface area (Å²) in [5.74, 6) is 0.860. The van der Waals surface area contributed by atoms with Crippen LogP contribution in [0.4, 0.5) is 15.3 Å². The molecule has 6 rings (SSSR count). The molecule has 1 N–H and O–H groups in total. The SMILES string of the molecule is CC(C)(C)OC(=O)N[C@H]1CSc2ccc(-c3nnc(C4(C)CCN(C(=O)OCc5ccccc5)CC4)o3)cc2N(Cc2ccc(Cl)cc2)C1=O. The van der Waals surface area contributed by atoms with E-state index in [1.54, 1.807) is 42.7 Å². The third kappa shape index (κ3) is 8.42. The zero-order valence-corrected chi connectivity index (χ0v) is 30.1. The molecular weight excluding hydrogens is 678 g/mol. The minimum absolute atomic E-state index is 0.226. The minimum atomic E-state index is -0.825. The maximum absolute atomic E-state index is 14.1. The second-order valence-corrected chi connectivity index (χ2v) is 15.2. The van der Waals surface area contributed by atoms with E-state index < -0.39 is 23.2 Å². The van der Waals surface area contributed by atoms with E-state index in [2.05, 4.69) is 22.4 Å². The van der Waals surface area contributed by atoms with Crippen LogP contribution in [0, 0.1) is 0 Å². The second-order valence-electron chi connectivity index (χ2n) is 13.7. The Bertz CT molecular complexity index is 1840. The fraction of sp³-hybridized carbons (Fsp3) is 0.378. The first-order valence-electron chi connectivity index (χ1n) is 16.5. The van der Waals surface area contributed by atoms with Crippen molar-refractivity contribution in [2.24, 2.45) is 0 Å². The Labute approximate surface area is 300 Å². The Morgan fingerprint density at radius 2 is 1.74 bits per heavy atom. The van der Waals surface area contributed by atoms with Gasteiger partial charge in [-0.2, -0.15) is 0 Å². The van der Waals surface area contributed by atoms with E-state index >= 15 is 0 Å². The molecule has 3 amide bonds. The Morgan fingerprint density at radius 1 is 1.02 bits per heavy atom. The van der Waals surface area contributed by atoms with Gasteiger partial charge in [0, 0.05) is 39.7 Å². The summed E-state index contributed by atoms with van der Waals surface area (Å²) in [5, 5.41) is 12.2. The number of thioether (sulfide) groups is 1. The summed E-state index contributed by atoms with van der Waals surface area (Å²) in [6.45, 7) is 8.86. The average molecular weight is 718 g/mol. The molecule has 0 radical (unpaired) electrons. The van der Waals surface area contributed by atoms with Crippen LogP contribution in [-0.4, -0.2) is 63.7 Å². The number of alkyl carbamates (subject to hydrolysis) is 1. The Kier molecular flexibility index (Phi) is 10.4. The van der Waals surface area contributed by atoms with Crippen molar-refractivity contribution in [2.75, 3.05) is 23.7 Å². The highest BCUT2D eigenvalue weighted by Crippen LogP contribution is 2.40. The lowest BCUT2D eigenvalue weighted by Crippen LogP contribution is -2.50. The predicted octanol–water partition coefficient (Wildman–Crippen LogP) is 7.61. The van der Waals surface area contributed by atoms with Gasteiger partial charge in [-0.3, -0.25) is 4.79 Å². The van der Waals surface area contributed by atoms with Gasteiger partial charge in [0.15, 0.2) is 0 Å². The van der Waals surface area contributed by atoms with Gasteiger partial charge in [0.2, 0.25) is 11.8 Å². The van der Waals surface area contributed by atoms with E-state index in [4.69, 9.17) is 25.5 Å². The van der Waals surface area contributed by atoms with Gasteiger partial charge < -0.3 is 29.0 Å². The first-order valence-corrected chi connectivity index (χ1v) is 17.9. The van der Waals surface area contributed by atoms with Crippen molar-refractivity contribution >= 4 is 47.1 Å². The number of hydrogen-bond donors (Lipinski definition) is 1. The number of rotatable bonds is 7. The first kappa shape index (κ1) is 35.3. The summed E-state index contributed by atoms with van der Waals surface area (Å²) in [7, 11) is 0. The number of ether oxygens (including phenoxy) is 2.